The Morgan fingerprint density at radius 1 is 0.760 bits per heavy atom. The predicted octanol–water partition coefficient (Wildman–Crippen LogP) is 2.05. The molecular formula is C17H16O8. The molecule has 25 heavy (non-hydrogen) atoms. The molecule has 0 atom stereocenters. The minimum Gasteiger partial charge on any atom is -0.504 e. The Morgan fingerprint density at radius 2 is 1.24 bits per heavy atom. The van der Waals surface area contributed by atoms with Gasteiger partial charge in [-0.3, -0.25) is 0 Å². The first-order valence-electron chi connectivity index (χ1n) is 6.98. The molecule has 0 bridgehead atoms. The normalized spacial score (nSPS) is 10.2. The number of methoxy groups -OCH3 is 3. The van der Waals surface area contributed by atoms with Gasteiger partial charge in [0.25, 0.3) is 0 Å². The van der Waals surface area contributed by atoms with Crippen molar-refractivity contribution in [3.63, 3.8) is 0 Å². The summed E-state index contributed by atoms with van der Waals surface area (Å²) in [5, 5.41) is 30.3. The molecule has 0 saturated carbocycles. The third kappa shape index (κ3) is 3.27. The molecule has 0 unspecified atom stereocenters. The summed E-state index contributed by atoms with van der Waals surface area (Å²) < 4.78 is 14.2. The summed E-state index contributed by atoms with van der Waals surface area (Å²) in [5.74, 6) is -3.10. The molecule has 0 saturated heterocycles. The molecule has 132 valence electrons. The van der Waals surface area contributed by atoms with Gasteiger partial charge in [0.05, 0.1) is 32.5 Å². The number of carbonyl (C=O) groups excluding carboxylic acids is 2. The monoisotopic (exact) mass is 348 g/mol. The highest BCUT2D eigenvalue weighted by Gasteiger charge is 2.22. The van der Waals surface area contributed by atoms with Crippen LogP contribution in [0.25, 0.3) is 11.1 Å². The number of benzene rings is 2. The van der Waals surface area contributed by atoms with Gasteiger partial charge < -0.3 is 29.5 Å². The molecule has 2 aromatic rings. The molecule has 0 spiro atoms. The van der Waals surface area contributed by atoms with Gasteiger partial charge in [-0.25, -0.2) is 9.59 Å². The van der Waals surface area contributed by atoms with Crippen LogP contribution in [-0.2, 0) is 9.47 Å². The zero-order chi connectivity index (χ0) is 18.7. The van der Waals surface area contributed by atoms with E-state index in [0.717, 1.165) is 13.2 Å². The Hall–Kier alpha value is -3.42. The minimum atomic E-state index is -0.757. The molecule has 0 radical (unpaired) electrons. The van der Waals surface area contributed by atoms with Gasteiger partial charge in [0.1, 0.15) is 0 Å². The zero-order valence-electron chi connectivity index (χ0n) is 13.7. The third-order valence-corrected chi connectivity index (χ3v) is 3.52. The number of carbonyl (C=O) groups is 2. The van der Waals surface area contributed by atoms with Gasteiger partial charge >= 0.3 is 11.9 Å². The standard InChI is InChI=1S/C17H16O8/c1-23-13-7-9(17(22)25-3)5-11(15(13)20)10-4-8(16(21)24-2)6-12(18)14(10)19/h4-7,18-20H,1-3H3. The van der Waals surface area contributed by atoms with E-state index in [2.05, 4.69) is 9.47 Å². The minimum absolute atomic E-state index is 0.0366. The van der Waals surface area contributed by atoms with Crippen molar-refractivity contribution in [3.8, 4) is 34.1 Å². The maximum absolute atomic E-state index is 11.8. The van der Waals surface area contributed by atoms with Crippen LogP contribution in [-0.4, -0.2) is 48.6 Å². The fourth-order valence-electron chi connectivity index (χ4n) is 2.26. The Labute approximate surface area is 142 Å². The molecule has 3 N–H and O–H groups in total. The topological polar surface area (TPSA) is 123 Å². The van der Waals surface area contributed by atoms with E-state index in [0.29, 0.717) is 0 Å². The Morgan fingerprint density at radius 3 is 1.72 bits per heavy atom. The number of hydrogen-bond donors (Lipinski definition) is 3. The maximum Gasteiger partial charge on any atom is 0.338 e. The van der Waals surface area contributed by atoms with Gasteiger partial charge in [0, 0.05) is 11.1 Å². The lowest BCUT2D eigenvalue weighted by Crippen LogP contribution is -2.03. The third-order valence-electron chi connectivity index (χ3n) is 3.52. The molecule has 0 aromatic heterocycles. The largest absolute Gasteiger partial charge is 0.504 e. The number of phenols is 3. The number of esters is 2. The number of aromatic hydroxyl groups is 3. The highest BCUT2D eigenvalue weighted by atomic mass is 16.5. The molecule has 0 amide bonds. The summed E-state index contributed by atoms with van der Waals surface area (Å²) in [5.41, 5.74) is -0.163. The zero-order valence-corrected chi connectivity index (χ0v) is 13.7. The van der Waals surface area contributed by atoms with E-state index < -0.39 is 29.2 Å². The first-order valence-corrected chi connectivity index (χ1v) is 6.98. The fourth-order valence-corrected chi connectivity index (χ4v) is 2.26. The van der Waals surface area contributed by atoms with Crippen LogP contribution in [0.5, 0.6) is 23.0 Å². The van der Waals surface area contributed by atoms with E-state index >= 15 is 0 Å². The van der Waals surface area contributed by atoms with E-state index in [4.69, 9.17) is 4.74 Å². The van der Waals surface area contributed by atoms with Crippen molar-refractivity contribution in [1.29, 1.82) is 0 Å². The first-order chi connectivity index (χ1) is 11.8. The van der Waals surface area contributed by atoms with E-state index in [1.54, 1.807) is 0 Å². The highest BCUT2D eigenvalue weighted by Crippen LogP contribution is 2.45. The molecule has 0 aliphatic heterocycles. The first kappa shape index (κ1) is 17.9. The lowest BCUT2D eigenvalue weighted by Gasteiger charge is -2.14. The van der Waals surface area contributed by atoms with Crippen LogP contribution in [0.1, 0.15) is 20.7 Å². The molecule has 2 aromatic carbocycles. The number of phenolic OH excluding ortho intramolecular Hbond substituents is 3. The lowest BCUT2D eigenvalue weighted by molar-refractivity contribution is 0.0591. The van der Waals surface area contributed by atoms with Gasteiger partial charge in [-0.1, -0.05) is 0 Å². The molecule has 0 fully saturated rings. The second kappa shape index (κ2) is 7.00. The molecule has 0 aliphatic carbocycles. The molecule has 2 rings (SSSR count). The van der Waals surface area contributed by atoms with E-state index in [-0.39, 0.29) is 28.0 Å². The van der Waals surface area contributed by atoms with E-state index in [9.17, 15) is 24.9 Å². The van der Waals surface area contributed by atoms with Crippen LogP contribution >= 0.6 is 0 Å². The van der Waals surface area contributed by atoms with Gasteiger partial charge in [-0.2, -0.15) is 0 Å². The Bertz CT molecular complexity index is 841. The van der Waals surface area contributed by atoms with Crippen molar-refractivity contribution in [2.24, 2.45) is 0 Å². The van der Waals surface area contributed by atoms with Crippen LogP contribution in [0.2, 0.25) is 0 Å². The van der Waals surface area contributed by atoms with Crippen LogP contribution < -0.4 is 4.74 Å². The molecule has 0 heterocycles. The summed E-state index contributed by atoms with van der Waals surface area (Å²) >= 11 is 0. The summed E-state index contributed by atoms with van der Waals surface area (Å²) in [4.78, 5) is 23.5. The number of ether oxygens (including phenoxy) is 3. The summed E-state index contributed by atoms with van der Waals surface area (Å²) in [6.07, 6.45) is 0. The highest BCUT2D eigenvalue weighted by molar-refractivity contribution is 5.96. The smallest absolute Gasteiger partial charge is 0.338 e. The molecule has 8 heteroatoms. The van der Waals surface area contributed by atoms with Gasteiger partial charge in [-0.05, 0) is 24.3 Å². The Balaban J connectivity index is 2.78. The second-order valence-corrected chi connectivity index (χ2v) is 4.95. The van der Waals surface area contributed by atoms with E-state index in [1.165, 1.54) is 32.4 Å². The Kier molecular flexibility index (Phi) is 5.02. The maximum atomic E-state index is 11.8. The van der Waals surface area contributed by atoms with Crippen LogP contribution in [0, 0.1) is 0 Å². The van der Waals surface area contributed by atoms with Crippen LogP contribution in [0.4, 0.5) is 0 Å². The average Bonchev–Trinajstić information content (AvgIpc) is 2.62. The molecule has 0 aliphatic rings. The van der Waals surface area contributed by atoms with Gasteiger partial charge in [-0.15, -0.1) is 0 Å². The van der Waals surface area contributed by atoms with Gasteiger partial charge in [0.2, 0.25) is 0 Å². The van der Waals surface area contributed by atoms with Crippen molar-refractivity contribution in [2.45, 2.75) is 0 Å². The summed E-state index contributed by atoms with van der Waals surface area (Å²) in [7, 11) is 3.62. The van der Waals surface area contributed by atoms with Crippen molar-refractivity contribution >= 4 is 11.9 Å². The van der Waals surface area contributed by atoms with Crippen molar-refractivity contribution in [1.82, 2.24) is 0 Å². The second-order valence-electron chi connectivity index (χ2n) is 4.95. The summed E-state index contributed by atoms with van der Waals surface area (Å²) in [6.45, 7) is 0. The lowest BCUT2D eigenvalue weighted by atomic mass is 9.97. The SMILES string of the molecule is COC(=O)c1cc(O)c(O)c(-c2cc(C(=O)OC)cc(OC)c2O)c1. The quantitative estimate of drug-likeness (QED) is 0.567. The van der Waals surface area contributed by atoms with Crippen LogP contribution in [0.15, 0.2) is 24.3 Å². The average molecular weight is 348 g/mol. The molecular weight excluding hydrogens is 332 g/mol. The summed E-state index contributed by atoms with van der Waals surface area (Å²) in [6, 6.07) is 4.71. The van der Waals surface area contributed by atoms with Crippen LogP contribution in [0.3, 0.4) is 0 Å². The van der Waals surface area contributed by atoms with Crippen molar-refractivity contribution < 1.29 is 39.1 Å². The number of hydrogen-bond acceptors (Lipinski definition) is 8. The fraction of sp³-hybridized carbons (Fsp3) is 0.176. The number of rotatable bonds is 4. The molecule has 8 nitrogen and oxygen atoms in total. The van der Waals surface area contributed by atoms with E-state index in [1.807, 2.05) is 0 Å². The van der Waals surface area contributed by atoms with Gasteiger partial charge in [0.15, 0.2) is 23.0 Å². The van der Waals surface area contributed by atoms with Crippen molar-refractivity contribution in [3.05, 3.63) is 35.4 Å². The van der Waals surface area contributed by atoms with Crippen molar-refractivity contribution in [2.75, 3.05) is 21.3 Å². The predicted molar refractivity (Wildman–Crippen MR) is 86.1 cm³/mol.